The summed E-state index contributed by atoms with van der Waals surface area (Å²) in [6, 6.07) is 7.21. The average Bonchev–Trinajstić information content (AvgIpc) is 2.50. The molecule has 0 fully saturated rings. The summed E-state index contributed by atoms with van der Waals surface area (Å²) in [5.74, 6) is 0.135. The van der Waals surface area contributed by atoms with Gasteiger partial charge in [-0.05, 0) is 40.8 Å². The van der Waals surface area contributed by atoms with Crippen molar-refractivity contribution in [3.63, 3.8) is 0 Å². The predicted molar refractivity (Wildman–Crippen MR) is 89.5 cm³/mol. The van der Waals surface area contributed by atoms with Gasteiger partial charge in [0.15, 0.2) is 11.5 Å². The number of hydrogen-bond donors (Lipinski definition) is 1. The zero-order valence-corrected chi connectivity index (χ0v) is 14.1. The van der Waals surface area contributed by atoms with Gasteiger partial charge in [-0.3, -0.25) is 4.79 Å². The number of nitrogens with one attached hydrogen (secondary N) is 1. The second kappa shape index (κ2) is 6.29. The van der Waals surface area contributed by atoms with E-state index in [1.54, 1.807) is 12.1 Å². The molecule has 1 aliphatic heterocycles. The third-order valence-electron chi connectivity index (χ3n) is 3.05. The van der Waals surface area contributed by atoms with Crippen LogP contribution in [0.25, 0.3) is 0 Å². The molecule has 0 bridgehead atoms. The Balaban J connectivity index is 1.89. The van der Waals surface area contributed by atoms with Crippen LogP contribution < -0.4 is 14.8 Å². The van der Waals surface area contributed by atoms with E-state index in [2.05, 4.69) is 5.32 Å². The van der Waals surface area contributed by atoms with Gasteiger partial charge in [0.1, 0.15) is 19.0 Å². The molecule has 0 aromatic heterocycles. The molecule has 4 nitrogen and oxygen atoms in total. The molecule has 0 unspecified atom stereocenters. The molecule has 22 heavy (non-hydrogen) atoms. The maximum atomic E-state index is 13.3. The van der Waals surface area contributed by atoms with Crippen LogP contribution in [-0.4, -0.2) is 19.1 Å². The molecule has 114 valence electrons. The van der Waals surface area contributed by atoms with Crippen molar-refractivity contribution in [2.45, 2.75) is 0 Å². The van der Waals surface area contributed by atoms with Crippen molar-refractivity contribution in [3.05, 3.63) is 50.3 Å². The number of halogens is 3. The molecule has 0 saturated carbocycles. The molecule has 1 N–H and O–H groups in total. The van der Waals surface area contributed by atoms with Gasteiger partial charge in [0.05, 0.1) is 16.3 Å². The normalized spacial score (nSPS) is 12.9. The number of carbonyl (C=O) groups is 1. The standard InChI is InChI=1S/C15H10ClFINO3/c16-10-6-13-14(22-4-3-21-13)7-12(10)19-15(20)9-5-8(17)1-2-11(9)18/h1-2,5-7H,3-4H2,(H,19,20). The van der Waals surface area contributed by atoms with Gasteiger partial charge >= 0.3 is 0 Å². The molecule has 0 radical (unpaired) electrons. The molecule has 0 saturated heterocycles. The highest BCUT2D eigenvalue weighted by atomic mass is 127. The Hall–Kier alpha value is -1.54. The first-order chi connectivity index (χ1) is 10.5. The Morgan fingerprint density at radius 2 is 1.86 bits per heavy atom. The van der Waals surface area contributed by atoms with Crippen LogP contribution in [0.15, 0.2) is 30.3 Å². The molecule has 7 heteroatoms. The van der Waals surface area contributed by atoms with Crippen LogP contribution in [-0.2, 0) is 0 Å². The molecular formula is C15H10ClFINO3. The largest absolute Gasteiger partial charge is 0.486 e. The van der Waals surface area contributed by atoms with Crippen LogP contribution in [0.1, 0.15) is 10.4 Å². The van der Waals surface area contributed by atoms with E-state index in [1.807, 2.05) is 22.6 Å². The third kappa shape index (κ3) is 3.12. The number of fused-ring (bicyclic) bond motifs is 1. The number of ether oxygens (including phenoxy) is 2. The topological polar surface area (TPSA) is 47.6 Å². The first-order valence-corrected chi connectivity index (χ1v) is 7.86. The highest BCUT2D eigenvalue weighted by Crippen LogP contribution is 2.38. The fraction of sp³-hybridized carbons (Fsp3) is 0.133. The van der Waals surface area contributed by atoms with Crippen molar-refractivity contribution in [1.29, 1.82) is 0 Å². The summed E-state index contributed by atoms with van der Waals surface area (Å²) in [6.07, 6.45) is 0. The van der Waals surface area contributed by atoms with Crippen LogP contribution in [0.3, 0.4) is 0 Å². The van der Waals surface area contributed by atoms with Crippen LogP contribution in [0, 0.1) is 9.39 Å². The molecule has 1 heterocycles. The van der Waals surface area contributed by atoms with Crippen molar-refractivity contribution in [1.82, 2.24) is 0 Å². The minimum atomic E-state index is -0.473. The number of anilines is 1. The monoisotopic (exact) mass is 433 g/mol. The molecule has 0 spiro atoms. The SMILES string of the molecule is O=C(Nc1cc2c(cc1Cl)OCCO2)c1cc(F)ccc1I. The summed E-state index contributed by atoms with van der Waals surface area (Å²) in [5, 5.41) is 2.99. The zero-order valence-electron chi connectivity index (χ0n) is 11.2. The van der Waals surface area contributed by atoms with Gasteiger partial charge in [0, 0.05) is 15.7 Å². The Morgan fingerprint density at radius 1 is 1.18 bits per heavy atom. The van der Waals surface area contributed by atoms with E-state index in [0.29, 0.717) is 39.0 Å². The van der Waals surface area contributed by atoms with Gasteiger partial charge in [-0.15, -0.1) is 0 Å². The lowest BCUT2D eigenvalue weighted by Crippen LogP contribution is -2.17. The van der Waals surface area contributed by atoms with Gasteiger partial charge in [0.2, 0.25) is 0 Å². The first-order valence-electron chi connectivity index (χ1n) is 6.40. The highest BCUT2D eigenvalue weighted by molar-refractivity contribution is 14.1. The predicted octanol–water partition coefficient (Wildman–Crippen LogP) is 4.11. The van der Waals surface area contributed by atoms with Crippen molar-refractivity contribution >= 4 is 45.8 Å². The number of amides is 1. The zero-order chi connectivity index (χ0) is 15.7. The lowest BCUT2D eigenvalue weighted by molar-refractivity contribution is 0.102. The first kappa shape index (κ1) is 15.4. The van der Waals surface area contributed by atoms with Crippen LogP contribution in [0.4, 0.5) is 10.1 Å². The maximum absolute atomic E-state index is 13.3. The molecular weight excluding hydrogens is 424 g/mol. The Kier molecular flexibility index (Phi) is 4.39. The van der Waals surface area contributed by atoms with Gasteiger partial charge in [-0.2, -0.15) is 0 Å². The van der Waals surface area contributed by atoms with Gasteiger partial charge < -0.3 is 14.8 Å². The summed E-state index contributed by atoms with van der Waals surface area (Å²) >= 11 is 8.11. The Labute approximate surface area is 144 Å². The second-order valence-electron chi connectivity index (χ2n) is 4.55. The van der Waals surface area contributed by atoms with Crippen molar-refractivity contribution in [2.24, 2.45) is 0 Å². The molecule has 2 aromatic carbocycles. The van der Waals surface area contributed by atoms with Gasteiger partial charge in [-0.25, -0.2) is 4.39 Å². The molecule has 0 aliphatic carbocycles. The van der Waals surface area contributed by atoms with Crippen LogP contribution in [0.5, 0.6) is 11.5 Å². The van der Waals surface area contributed by atoms with E-state index in [-0.39, 0.29) is 5.56 Å². The van der Waals surface area contributed by atoms with E-state index in [4.69, 9.17) is 21.1 Å². The average molecular weight is 434 g/mol. The fourth-order valence-electron chi connectivity index (χ4n) is 2.02. The second-order valence-corrected chi connectivity index (χ2v) is 6.12. The number of carbonyl (C=O) groups excluding carboxylic acids is 1. The summed E-state index contributed by atoms with van der Waals surface area (Å²) in [4.78, 5) is 12.3. The van der Waals surface area contributed by atoms with Gasteiger partial charge in [-0.1, -0.05) is 11.6 Å². The van der Waals surface area contributed by atoms with Crippen LogP contribution in [0.2, 0.25) is 5.02 Å². The smallest absolute Gasteiger partial charge is 0.256 e. The van der Waals surface area contributed by atoms with E-state index < -0.39 is 11.7 Å². The lowest BCUT2D eigenvalue weighted by atomic mass is 10.2. The summed E-state index contributed by atoms with van der Waals surface area (Å²) in [5.41, 5.74) is 0.627. The van der Waals surface area contributed by atoms with Crippen molar-refractivity contribution in [2.75, 3.05) is 18.5 Å². The molecule has 1 amide bonds. The Morgan fingerprint density at radius 3 is 2.59 bits per heavy atom. The summed E-state index contributed by atoms with van der Waals surface area (Å²) in [6.45, 7) is 0.889. The van der Waals surface area contributed by atoms with E-state index in [1.165, 1.54) is 18.2 Å². The lowest BCUT2D eigenvalue weighted by Gasteiger charge is -2.20. The number of benzene rings is 2. The van der Waals surface area contributed by atoms with E-state index in [0.717, 1.165) is 0 Å². The highest BCUT2D eigenvalue weighted by Gasteiger charge is 2.18. The quantitative estimate of drug-likeness (QED) is 0.725. The maximum Gasteiger partial charge on any atom is 0.256 e. The minimum absolute atomic E-state index is 0.242. The fourth-order valence-corrected chi connectivity index (χ4v) is 2.80. The van der Waals surface area contributed by atoms with E-state index in [9.17, 15) is 9.18 Å². The van der Waals surface area contributed by atoms with E-state index >= 15 is 0 Å². The molecule has 0 atom stereocenters. The van der Waals surface area contributed by atoms with Crippen molar-refractivity contribution in [3.8, 4) is 11.5 Å². The number of rotatable bonds is 2. The summed E-state index contributed by atoms with van der Waals surface area (Å²) in [7, 11) is 0. The van der Waals surface area contributed by atoms with Crippen LogP contribution >= 0.6 is 34.2 Å². The minimum Gasteiger partial charge on any atom is -0.486 e. The third-order valence-corrected chi connectivity index (χ3v) is 4.31. The molecule has 1 aliphatic rings. The Bertz CT molecular complexity index is 754. The summed E-state index contributed by atoms with van der Waals surface area (Å²) < 4.78 is 24.8. The number of hydrogen-bond acceptors (Lipinski definition) is 3. The molecule has 2 aromatic rings. The van der Waals surface area contributed by atoms with Crippen molar-refractivity contribution < 1.29 is 18.7 Å². The van der Waals surface area contributed by atoms with Gasteiger partial charge in [0.25, 0.3) is 5.91 Å². The molecule has 3 rings (SSSR count).